The molecule has 2 N–H and O–H groups in total. The molecule has 1 aliphatic rings. The van der Waals surface area contributed by atoms with Gasteiger partial charge in [-0.3, -0.25) is 0 Å². The summed E-state index contributed by atoms with van der Waals surface area (Å²) in [5.41, 5.74) is 6.66. The number of nitrogens with zero attached hydrogens (tertiary/aromatic N) is 1. The van der Waals surface area contributed by atoms with Gasteiger partial charge in [0.05, 0.1) is 22.2 Å². The Bertz CT molecular complexity index is 592. The fourth-order valence-corrected chi connectivity index (χ4v) is 3.32. The van der Waals surface area contributed by atoms with E-state index in [1.807, 2.05) is 0 Å². The summed E-state index contributed by atoms with van der Waals surface area (Å²) in [6.07, 6.45) is 2.44. The van der Waals surface area contributed by atoms with Crippen molar-refractivity contribution in [2.45, 2.75) is 24.7 Å². The molecule has 0 spiro atoms. The monoisotopic (exact) mass is 332 g/mol. The molecule has 1 aromatic carbocycles. The Kier molecular flexibility index (Phi) is 5.14. The van der Waals surface area contributed by atoms with Crippen molar-refractivity contribution < 1.29 is 13.2 Å². The van der Waals surface area contributed by atoms with E-state index in [-0.39, 0.29) is 10.6 Å². The summed E-state index contributed by atoms with van der Waals surface area (Å²) >= 11 is 5.96. The highest BCUT2D eigenvalue weighted by Crippen LogP contribution is 2.29. The standard InChI is InChI=1S/C14H21ClN2O3S/c1-10-7-12(8-13(16)14(10)15)21(18,19)17(2)5-6-20-9-11-3-4-11/h7-8,11H,3-6,9,16H2,1-2H3. The second-order valence-electron chi connectivity index (χ2n) is 5.49. The van der Waals surface area contributed by atoms with Crippen LogP contribution in [-0.2, 0) is 14.8 Å². The summed E-state index contributed by atoms with van der Waals surface area (Å²) < 4.78 is 31.7. The zero-order valence-corrected chi connectivity index (χ0v) is 13.9. The molecule has 0 unspecified atom stereocenters. The Hall–Kier alpha value is -0.820. The first-order valence-electron chi connectivity index (χ1n) is 6.92. The van der Waals surface area contributed by atoms with Crippen molar-refractivity contribution in [2.75, 3.05) is 32.5 Å². The second-order valence-corrected chi connectivity index (χ2v) is 7.91. The maximum atomic E-state index is 12.5. The van der Waals surface area contributed by atoms with E-state index in [4.69, 9.17) is 22.1 Å². The molecule has 5 nitrogen and oxygen atoms in total. The second kappa shape index (κ2) is 6.52. The van der Waals surface area contributed by atoms with Gasteiger partial charge in [0.25, 0.3) is 0 Å². The van der Waals surface area contributed by atoms with Crippen molar-refractivity contribution in [2.24, 2.45) is 5.92 Å². The Morgan fingerprint density at radius 1 is 1.43 bits per heavy atom. The number of likely N-dealkylation sites (N-methyl/N-ethyl adjacent to an activating group) is 1. The molecule has 1 fully saturated rings. The Balaban J connectivity index is 2.01. The number of benzene rings is 1. The van der Waals surface area contributed by atoms with E-state index in [2.05, 4.69) is 0 Å². The third kappa shape index (κ3) is 4.10. The van der Waals surface area contributed by atoms with Crippen molar-refractivity contribution in [3.63, 3.8) is 0 Å². The van der Waals surface area contributed by atoms with E-state index in [0.29, 0.717) is 29.7 Å². The fraction of sp³-hybridized carbons (Fsp3) is 0.571. The first kappa shape index (κ1) is 16.5. The maximum Gasteiger partial charge on any atom is 0.242 e. The summed E-state index contributed by atoms with van der Waals surface area (Å²) in [7, 11) is -2.03. The van der Waals surface area contributed by atoms with Gasteiger partial charge in [-0.05, 0) is 43.4 Å². The minimum Gasteiger partial charge on any atom is -0.397 e. The van der Waals surface area contributed by atoms with Gasteiger partial charge in [-0.1, -0.05) is 11.6 Å². The Labute approximate surface area is 131 Å². The molecule has 1 aliphatic carbocycles. The van der Waals surface area contributed by atoms with Gasteiger partial charge in [0.2, 0.25) is 10.0 Å². The predicted octanol–water partition coefficient (Wildman–Crippen LogP) is 2.28. The van der Waals surface area contributed by atoms with Crippen molar-refractivity contribution in [3.05, 3.63) is 22.7 Å². The van der Waals surface area contributed by atoms with Crippen molar-refractivity contribution in [1.82, 2.24) is 4.31 Å². The number of nitrogens with two attached hydrogens (primary N) is 1. The molecule has 21 heavy (non-hydrogen) atoms. The topological polar surface area (TPSA) is 72.6 Å². The van der Waals surface area contributed by atoms with E-state index in [1.54, 1.807) is 6.92 Å². The van der Waals surface area contributed by atoms with Crippen LogP contribution < -0.4 is 5.73 Å². The minimum absolute atomic E-state index is 0.159. The number of rotatable bonds is 7. The third-order valence-electron chi connectivity index (χ3n) is 3.57. The first-order valence-corrected chi connectivity index (χ1v) is 8.74. The summed E-state index contributed by atoms with van der Waals surface area (Å²) in [6.45, 7) is 3.17. The molecule has 0 bridgehead atoms. The van der Waals surface area contributed by atoms with Crippen molar-refractivity contribution >= 4 is 27.3 Å². The normalized spacial score (nSPS) is 15.6. The average molecular weight is 333 g/mol. The zero-order valence-electron chi connectivity index (χ0n) is 12.3. The number of anilines is 1. The van der Waals surface area contributed by atoms with Crippen molar-refractivity contribution in [1.29, 1.82) is 0 Å². The van der Waals surface area contributed by atoms with Crippen LogP contribution >= 0.6 is 11.6 Å². The molecule has 1 aromatic rings. The number of ether oxygens (including phenoxy) is 1. The van der Waals surface area contributed by atoms with E-state index in [9.17, 15) is 8.42 Å². The van der Waals surface area contributed by atoms with Crippen LogP contribution in [0.2, 0.25) is 5.02 Å². The largest absolute Gasteiger partial charge is 0.397 e. The number of aryl methyl sites for hydroxylation is 1. The lowest BCUT2D eigenvalue weighted by Gasteiger charge is -2.18. The third-order valence-corrected chi connectivity index (χ3v) is 5.92. The van der Waals surface area contributed by atoms with Crippen LogP contribution in [-0.4, -0.2) is 39.5 Å². The molecule has 1 saturated carbocycles. The van der Waals surface area contributed by atoms with Crippen LogP contribution in [0, 0.1) is 12.8 Å². The Morgan fingerprint density at radius 2 is 2.10 bits per heavy atom. The van der Waals surface area contributed by atoms with Crippen LogP contribution in [0.25, 0.3) is 0 Å². The highest BCUT2D eigenvalue weighted by atomic mass is 35.5. The summed E-state index contributed by atoms with van der Waals surface area (Å²) in [6, 6.07) is 2.93. The molecular formula is C14H21ClN2O3S. The molecule has 7 heteroatoms. The van der Waals surface area contributed by atoms with Gasteiger partial charge in [-0.25, -0.2) is 8.42 Å². The summed E-state index contributed by atoms with van der Waals surface area (Å²) in [4.78, 5) is 0.159. The fourth-order valence-electron chi connectivity index (χ4n) is 1.94. The molecule has 0 atom stereocenters. The van der Waals surface area contributed by atoms with Crippen LogP contribution in [0.5, 0.6) is 0 Å². The van der Waals surface area contributed by atoms with Crippen molar-refractivity contribution in [3.8, 4) is 0 Å². The van der Waals surface area contributed by atoms with Gasteiger partial charge >= 0.3 is 0 Å². The lowest BCUT2D eigenvalue weighted by Crippen LogP contribution is -2.30. The summed E-state index contributed by atoms with van der Waals surface area (Å²) in [5.74, 6) is 0.672. The number of nitrogen functional groups attached to an aromatic ring is 1. The molecule has 0 aromatic heterocycles. The lowest BCUT2D eigenvalue weighted by molar-refractivity contribution is 0.117. The minimum atomic E-state index is -3.57. The number of hydrogen-bond acceptors (Lipinski definition) is 4. The highest BCUT2D eigenvalue weighted by Gasteiger charge is 2.24. The van der Waals surface area contributed by atoms with Gasteiger partial charge in [-0.15, -0.1) is 0 Å². The zero-order chi connectivity index (χ0) is 15.6. The molecule has 2 rings (SSSR count). The lowest BCUT2D eigenvalue weighted by atomic mass is 10.2. The quantitative estimate of drug-likeness (QED) is 0.614. The van der Waals surface area contributed by atoms with Crippen LogP contribution in [0.4, 0.5) is 5.69 Å². The predicted molar refractivity (Wildman–Crippen MR) is 84.0 cm³/mol. The molecule has 0 radical (unpaired) electrons. The van der Waals surface area contributed by atoms with Gasteiger partial charge in [0.1, 0.15) is 0 Å². The summed E-state index contributed by atoms with van der Waals surface area (Å²) in [5, 5.41) is 0.393. The molecule has 0 heterocycles. The molecule has 0 saturated heterocycles. The van der Waals surface area contributed by atoms with E-state index in [0.717, 1.165) is 6.61 Å². The van der Waals surface area contributed by atoms with Gasteiger partial charge in [0, 0.05) is 20.2 Å². The van der Waals surface area contributed by atoms with Gasteiger partial charge < -0.3 is 10.5 Å². The maximum absolute atomic E-state index is 12.5. The van der Waals surface area contributed by atoms with Gasteiger partial charge in [0.15, 0.2) is 0 Å². The van der Waals surface area contributed by atoms with E-state index in [1.165, 1.54) is 36.3 Å². The van der Waals surface area contributed by atoms with Crippen LogP contribution in [0.1, 0.15) is 18.4 Å². The van der Waals surface area contributed by atoms with Crippen LogP contribution in [0.3, 0.4) is 0 Å². The molecular weight excluding hydrogens is 312 g/mol. The molecule has 118 valence electrons. The molecule has 0 aliphatic heterocycles. The smallest absolute Gasteiger partial charge is 0.242 e. The van der Waals surface area contributed by atoms with Gasteiger partial charge in [-0.2, -0.15) is 4.31 Å². The number of hydrogen-bond donors (Lipinski definition) is 1. The molecule has 0 amide bonds. The number of sulfonamides is 1. The van der Waals surface area contributed by atoms with E-state index < -0.39 is 10.0 Å². The van der Waals surface area contributed by atoms with Crippen LogP contribution in [0.15, 0.2) is 17.0 Å². The Morgan fingerprint density at radius 3 is 2.67 bits per heavy atom. The SMILES string of the molecule is Cc1cc(S(=O)(=O)N(C)CCOCC2CC2)cc(N)c1Cl. The highest BCUT2D eigenvalue weighted by molar-refractivity contribution is 7.89. The van der Waals surface area contributed by atoms with E-state index >= 15 is 0 Å². The average Bonchev–Trinajstić information content (AvgIpc) is 3.24. The first-order chi connectivity index (χ1) is 9.82. The number of halogens is 1.